The van der Waals surface area contributed by atoms with Crippen LogP contribution in [0.3, 0.4) is 0 Å². The Bertz CT molecular complexity index is 2230. The molecule has 5 aromatic rings. The van der Waals surface area contributed by atoms with Gasteiger partial charge in [-0.2, -0.15) is 5.26 Å². The minimum atomic E-state index is -1.20. The molecule has 0 aliphatic rings. The van der Waals surface area contributed by atoms with Crippen LogP contribution in [0, 0.1) is 25.2 Å². The molecule has 2 heterocycles. The third-order valence-electron chi connectivity index (χ3n) is 8.88. The Morgan fingerprint density at radius 2 is 1.68 bits per heavy atom. The summed E-state index contributed by atoms with van der Waals surface area (Å²) in [6.07, 6.45) is 4.70. The van der Waals surface area contributed by atoms with E-state index in [1.165, 1.54) is 6.20 Å². The molecule has 5 rings (SSSR count). The van der Waals surface area contributed by atoms with Gasteiger partial charge in [-0.25, -0.2) is 4.68 Å². The Morgan fingerprint density at radius 3 is 2.42 bits per heavy atom. The van der Waals surface area contributed by atoms with E-state index in [1.807, 2.05) is 56.3 Å². The summed E-state index contributed by atoms with van der Waals surface area (Å²) in [4.78, 5) is 27.4. The highest BCUT2D eigenvalue weighted by atomic mass is 35.5. The summed E-state index contributed by atoms with van der Waals surface area (Å²) in [5.74, 6) is -0.618. The quantitative estimate of drug-likeness (QED) is 0.0707. The number of nitrogens with one attached hydrogen (secondary N) is 1. The molecule has 0 bridgehead atoms. The van der Waals surface area contributed by atoms with E-state index < -0.39 is 37.2 Å². The smallest absolute Gasteiger partial charge is 0.325 e. The number of aliphatic hydroxyl groups is 2. The predicted molar refractivity (Wildman–Crippen MR) is 206 cm³/mol. The van der Waals surface area contributed by atoms with Crippen LogP contribution in [0.2, 0.25) is 5.02 Å². The largest absolute Gasteiger partial charge is 0.491 e. The molecule has 298 valence electrons. The molecular formula is C40H42ClN7O9. The molecule has 0 saturated heterocycles. The maximum atomic E-state index is 12.2. The molecule has 0 aliphatic heterocycles. The minimum absolute atomic E-state index is 0.0473. The van der Waals surface area contributed by atoms with Gasteiger partial charge < -0.3 is 40.0 Å². The van der Waals surface area contributed by atoms with Crippen molar-refractivity contribution < 1.29 is 43.9 Å². The van der Waals surface area contributed by atoms with Crippen LogP contribution in [0.25, 0.3) is 11.1 Å². The number of benzene rings is 3. The summed E-state index contributed by atoms with van der Waals surface area (Å²) < 4.78 is 25.4. The van der Waals surface area contributed by atoms with Crippen molar-refractivity contribution in [1.82, 2.24) is 25.3 Å². The third-order valence-corrected chi connectivity index (χ3v) is 9.18. The number of pyridine rings is 1. The standard InChI is InChI=1S/C40H42ClN7O9/c1-24-28(22-56-38-13-37(55-21-27-11-26(14-42)15-44-16-27)29(12-33(38)41)23-57-40(53)34(43)19-49)5-3-6-31(24)32-7-4-8-36(25(32)2)54-10-9-48-18-30(46-47-48)17-45-35(20-50)39(51)52/h3-8,11-13,15-16,18,34-35,45,49-50H,9-10,17,19-23,43H2,1-2H3,(H,51,52)/t34-,35?/m0/s1. The molecule has 6 N–H and O–H groups in total. The first kappa shape index (κ1) is 42.1. The van der Waals surface area contributed by atoms with E-state index in [-0.39, 0.29) is 31.4 Å². The number of aromatic nitrogens is 4. The van der Waals surface area contributed by atoms with Crippen molar-refractivity contribution in [2.75, 3.05) is 19.8 Å². The second-order valence-electron chi connectivity index (χ2n) is 12.9. The van der Waals surface area contributed by atoms with Crippen LogP contribution in [0.5, 0.6) is 17.2 Å². The first-order valence-corrected chi connectivity index (χ1v) is 18.1. The van der Waals surface area contributed by atoms with Gasteiger partial charge in [-0.05, 0) is 59.9 Å². The van der Waals surface area contributed by atoms with E-state index in [2.05, 4.69) is 20.6 Å². The highest BCUT2D eigenvalue weighted by molar-refractivity contribution is 6.32. The molecule has 0 saturated carbocycles. The van der Waals surface area contributed by atoms with Crippen molar-refractivity contribution >= 4 is 23.5 Å². The molecule has 2 aromatic heterocycles. The number of halogens is 1. The molecule has 17 heteroatoms. The van der Waals surface area contributed by atoms with Gasteiger partial charge in [0.05, 0.1) is 36.0 Å². The van der Waals surface area contributed by atoms with Gasteiger partial charge in [0, 0.05) is 42.3 Å². The monoisotopic (exact) mass is 799 g/mol. The van der Waals surface area contributed by atoms with Gasteiger partial charge in [0.25, 0.3) is 0 Å². The molecule has 0 fully saturated rings. The first-order valence-electron chi connectivity index (χ1n) is 17.7. The summed E-state index contributed by atoms with van der Waals surface area (Å²) in [7, 11) is 0. The summed E-state index contributed by atoms with van der Waals surface area (Å²) in [5, 5.41) is 47.9. The minimum Gasteiger partial charge on any atom is -0.491 e. The summed E-state index contributed by atoms with van der Waals surface area (Å²) in [6.45, 7) is 3.69. The lowest BCUT2D eigenvalue weighted by molar-refractivity contribution is -0.147. The summed E-state index contributed by atoms with van der Waals surface area (Å²) in [5.41, 5.74) is 12.3. The third kappa shape index (κ3) is 11.3. The number of carboxylic acid groups (broad SMARTS) is 1. The van der Waals surface area contributed by atoms with Gasteiger partial charge in [0.1, 0.15) is 61.8 Å². The molecule has 0 amide bonds. The van der Waals surface area contributed by atoms with Crippen LogP contribution in [-0.4, -0.2) is 79.1 Å². The Kier molecular flexibility index (Phi) is 14.9. The Labute approximate surface area is 333 Å². The van der Waals surface area contributed by atoms with Crippen molar-refractivity contribution in [1.29, 1.82) is 5.26 Å². The number of nitriles is 1. The number of rotatable bonds is 20. The zero-order valence-corrected chi connectivity index (χ0v) is 32.0. The molecule has 57 heavy (non-hydrogen) atoms. The number of nitrogens with two attached hydrogens (primary N) is 1. The number of carbonyl (C=O) groups is 2. The maximum Gasteiger partial charge on any atom is 0.325 e. The molecule has 16 nitrogen and oxygen atoms in total. The fourth-order valence-electron chi connectivity index (χ4n) is 5.64. The van der Waals surface area contributed by atoms with E-state index in [9.17, 15) is 25.1 Å². The average Bonchev–Trinajstić information content (AvgIpc) is 3.67. The number of ether oxygens (including phenoxy) is 4. The van der Waals surface area contributed by atoms with Crippen LogP contribution in [-0.2, 0) is 47.2 Å². The van der Waals surface area contributed by atoms with Crippen molar-refractivity contribution in [2.24, 2.45) is 5.73 Å². The van der Waals surface area contributed by atoms with Crippen LogP contribution < -0.4 is 25.3 Å². The second kappa shape index (κ2) is 20.2. The Morgan fingerprint density at radius 1 is 0.930 bits per heavy atom. The van der Waals surface area contributed by atoms with E-state index in [4.69, 9.17) is 41.4 Å². The van der Waals surface area contributed by atoms with Crippen molar-refractivity contribution in [3.8, 4) is 34.4 Å². The average molecular weight is 800 g/mol. The molecule has 2 atom stereocenters. The van der Waals surface area contributed by atoms with E-state index >= 15 is 0 Å². The van der Waals surface area contributed by atoms with E-state index in [0.717, 1.165) is 27.8 Å². The molecule has 1 unspecified atom stereocenters. The van der Waals surface area contributed by atoms with Crippen LogP contribution in [0.1, 0.15) is 39.1 Å². The van der Waals surface area contributed by atoms with Gasteiger partial charge in [0.15, 0.2) is 0 Å². The Balaban J connectivity index is 1.27. The number of carbonyl (C=O) groups excluding carboxylic acids is 1. The number of hydrogen-bond acceptors (Lipinski definition) is 14. The van der Waals surface area contributed by atoms with E-state index in [1.54, 1.807) is 35.3 Å². The normalized spacial score (nSPS) is 12.0. The lowest BCUT2D eigenvalue weighted by Gasteiger charge is -2.18. The molecule has 0 aliphatic carbocycles. The van der Waals surface area contributed by atoms with Gasteiger partial charge in [0.2, 0.25) is 0 Å². The molecule has 0 spiro atoms. The number of hydrogen-bond donors (Lipinski definition) is 5. The molecule has 0 radical (unpaired) electrons. The molecule has 3 aromatic carbocycles. The van der Waals surface area contributed by atoms with Gasteiger partial charge in [-0.3, -0.25) is 19.9 Å². The second-order valence-corrected chi connectivity index (χ2v) is 13.3. The van der Waals surface area contributed by atoms with Crippen LogP contribution in [0.15, 0.2) is 73.2 Å². The van der Waals surface area contributed by atoms with E-state index in [0.29, 0.717) is 52.8 Å². The number of aliphatic hydroxyl groups excluding tert-OH is 2. The zero-order chi connectivity index (χ0) is 40.9. The van der Waals surface area contributed by atoms with Crippen molar-refractivity contribution in [2.45, 2.75) is 58.8 Å². The highest BCUT2D eigenvalue weighted by Gasteiger charge is 2.19. The topological polar surface area (TPSA) is 237 Å². The van der Waals surface area contributed by atoms with Crippen LogP contribution >= 0.6 is 11.6 Å². The fourth-order valence-corrected chi connectivity index (χ4v) is 5.88. The van der Waals surface area contributed by atoms with Crippen LogP contribution in [0.4, 0.5) is 0 Å². The highest BCUT2D eigenvalue weighted by Crippen LogP contribution is 2.36. The predicted octanol–water partition coefficient (Wildman–Crippen LogP) is 3.62. The first-order chi connectivity index (χ1) is 27.5. The lowest BCUT2D eigenvalue weighted by atomic mass is 9.93. The molecular weight excluding hydrogens is 758 g/mol. The number of esters is 1. The lowest BCUT2D eigenvalue weighted by Crippen LogP contribution is -2.39. The Hall–Kier alpha value is -6.09. The number of aliphatic carboxylic acids is 1. The number of nitrogens with zero attached hydrogens (tertiary/aromatic N) is 5. The van der Waals surface area contributed by atoms with Gasteiger partial charge in [-0.1, -0.05) is 47.1 Å². The summed E-state index contributed by atoms with van der Waals surface area (Å²) in [6, 6.07) is 16.3. The zero-order valence-electron chi connectivity index (χ0n) is 31.2. The van der Waals surface area contributed by atoms with Crippen molar-refractivity contribution in [3.05, 3.63) is 117 Å². The van der Waals surface area contributed by atoms with Crippen molar-refractivity contribution in [3.63, 3.8) is 0 Å². The number of carboxylic acids is 1. The fraction of sp³-hybridized carbons (Fsp3) is 0.300. The van der Waals surface area contributed by atoms with Gasteiger partial charge >= 0.3 is 11.9 Å². The maximum absolute atomic E-state index is 12.2. The SMILES string of the molecule is Cc1c(COc2cc(OCc3cncc(C#N)c3)c(COC(=O)[C@@H](N)CO)cc2Cl)cccc1-c1cccc(OCCn2cc(CNC(CO)C(=O)O)nn2)c1C. The van der Waals surface area contributed by atoms with Gasteiger partial charge in [-0.15, -0.1) is 5.10 Å². The summed E-state index contributed by atoms with van der Waals surface area (Å²) >= 11 is 6.67.